The molecule has 2 N–H and O–H groups in total. The number of rotatable bonds is 7. The summed E-state index contributed by atoms with van der Waals surface area (Å²) in [6.07, 6.45) is 3.44. The maximum absolute atomic E-state index is 13.6. The molecule has 38 heavy (non-hydrogen) atoms. The Morgan fingerprint density at radius 3 is 2.76 bits per heavy atom. The maximum atomic E-state index is 13.6. The molecule has 2 fully saturated rings. The van der Waals surface area contributed by atoms with E-state index in [0.29, 0.717) is 46.5 Å². The fourth-order valence-electron chi connectivity index (χ4n) is 4.90. The molecule has 11 nitrogen and oxygen atoms in total. The zero-order chi connectivity index (χ0) is 26.4. The minimum atomic E-state index is -1.10. The summed E-state index contributed by atoms with van der Waals surface area (Å²) in [7, 11) is 3.39. The van der Waals surface area contributed by atoms with Crippen LogP contribution in [0.4, 0.5) is 21.6 Å². The van der Waals surface area contributed by atoms with Crippen LogP contribution in [0.25, 0.3) is 22.6 Å². The summed E-state index contributed by atoms with van der Waals surface area (Å²) in [5, 5.41) is 10.6. The van der Waals surface area contributed by atoms with Crippen LogP contribution >= 0.6 is 0 Å². The molecule has 198 valence electrons. The molecule has 6 rings (SSSR count). The van der Waals surface area contributed by atoms with Gasteiger partial charge in [0.1, 0.15) is 35.9 Å². The number of carbonyl (C=O) groups excluding carboxylic acids is 1. The van der Waals surface area contributed by atoms with E-state index < -0.39 is 12.1 Å². The van der Waals surface area contributed by atoms with Crippen molar-refractivity contribution in [2.75, 3.05) is 24.4 Å². The molecule has 0 radical (unpaired) electrons. The van der Waals surface area contributed by atoms with Gasteiger partial charge in [-0.3, -0.25) is 14.0 Å². The molecule has 4 heterocycles. The molecular formula is C26H29FN8O3. The number of halogens is 1. The number of imidazole rings is 1. The second kappa shape index (κ2) is 9.67. The number of methoxy groups -OCH3 is 1. The van der Waals surface area contributed by atoms with Crippen molar-refractivity contribution in [1.29, 1.82) is 0 Å². The van der Waals surface area contributed by atoms with Crippen molar-refractivity contribution in [2.24, 2.45) is 13.0 Å². The van der Waals surface area contributed by atoms with Gasteiger partial charge in [0.05, 0.1) is 30.0 Å². The molecule has 0 spiro atoms. The van der Waals surface area contributed by atoms with Crippen molar-refractivity contribution in [3.8, 4) is 17.1 Å². The van der Waals surface area contributed by atoms with Crippen LogP contribution in [0.1, 0.15) is 37.7 Å². The molecule has 12 heteroatoms. The van der Waals surface area contributed by atoms with Gasteiger partial charge in [-0.25, -0.2) is 19.3 Å². The highest BCUT2D eigenvalue weighted by Crippen LogP contribution is 2.40. The van der Waals surface area contributed by atoms with Crippen molar-refractivity contribution in [3.05, 3.63) is 36.4 Å². The normalized spacial score (nSPS) is 20.9. The van der Waals surface area contributed by atoms with Crippen LogP contribution in [-0.4, -0.2) is 55.1 Å². The van der Waals surface area contributed by atoms with Crippen molar-refractivity contribution >= 4 is 34.3 Å². The molecule has 1 aromatic carbocycles. The Morgan fingerprint density at radius 2 is 2.08 bits per heavy atom. The van der Waals surface area contributed by atoms with Crippen LogP contribution < -0.4 is 15.4 Å². The monoisotopic (exact) mass is 520 g/mol. The maximum Gasteiger partial charge on any atom is 0.231 e. The van der Waals surface area contributed by atoms with Crippen molar-refractivity contribution in [1.82, 2.24) is 29.3 Å². The highest BCUT2D eigenvalue weighted by Gasteiger charge is 2.43. The first-order valence-electron chi connectivity index (χ1n) is 12.7. The van der Waals surface area contributed by atoms with E-state index in [1.165, 1.54) is 0 Å². The number of nitrogens with zero attached hydrogens (tertiary/aromatic N) is 6. The smallest absolute Gasteiger partial charge is 0.231 e. The minimum Gasteiger partial charge on any atom is -0.494 e. The average molecular weight is 521 g/mol. The molecule has 3 aromatic heterocycles. The number of amides is 1. The van der Waals surface area contributed by atoms with Gasteiger partial charge in [-0.1, -0.05) is 6.07 Å². The minimum absolute atomic E-state index is 0.202. The van der Waals surface area contributed by atoms with Crippen molar-refractivity contribution in [3.63, 3.8) is 0 Å². The van der Waals surface area contributed by atoms with Gasteiger partial charge in [0.2, 0.25) is 5.91 Å². The first-order chi connectivity index (χ1) is 18.4. The zero-order valence-electron chi connectivity index (χ0n) is 21.4. The van der Waals surface area contributed by atoms with Crippen LogP contribution in [0.3, 0.4) is 0 Å². The molecule has 3 atom stereocenters. The quantitative estimate of drug-likeness (QED) is 0.370. The van der Waals surface area contributed by atoms with E-state index in [4.69, 9.17) is 19.4 Å². The summed E-state index contributed by atoms with van der Waals surface area (Å²) in [6, 6.07) is 7.35. The van der Waals surface area contributed by atoms with Gasteiger partial charge in [0.15, 0.2) is 17.2 Å². The average Bonchev–Trinajstić information content (AvgIpc) is 3.33. The number of anilines is 3. The molecule has 1 saturated heterocycles. The third-order valence-corrected chi connectivity index (χ3v) is 6.90. The highest BCUT2D eigenvalue weighted by atomic mass is 19.1. The fraction of sp³-hybridized carbons (Fsp3) is 0.423. The SMILES string of the molecule is COc1c(Nc2cc(NC(=O)[C@H]3C[C@@H]3F)nc3c2nc(C)n3C2CCCCO2)cccc1-c1ncn(C)n1. The number of alkyl halides is 1. The fourth-order valence-corrected chi connectivity index (χ4v) is 4.90. The number of ether oxygens (including phenoxy) is 2. The Balaban J connectivity index is 1.44. The molecule has 4 aromatic rings. The van der Waals surface area contributed by atoms with Gasteiger partial charge in [-0.15, -0.1) is 0 Å². The Labute approximate surface area is 218 Å². The van der Waals surface area contributed by atoms with Gasteiger partial charge in [-0.2, -0.15) is 5.10 Å². The molecule has 1 unspecified atom stereocenters. The van der Waals surface area contributed by atoms with Gasteiger partial charge in [-0.05, 0) is 44.7 Å². The van der Waals surface area contributed by atoms with E-state index >= 15 is 0 Å². The second-order valence-corrected chi connectivity index (χ2v) is 9.68. The lowest BCUT2D eigenvalue weighted by Gasteiger charge is -2.25. The topological polar surface area (TPSA) is 121 Å². The first-order valence-corrected chi connectivity index (χ1v) is 12.7. The third kappa shape index (κ3) is 4.44. The van der Waals surface area contributed by atoms with Crippen molar-refractivity contribution in [2.45, 2.75) is 45.0 Å². The molecular weight excluding hydrogens is 491 g/mol. The van der Waals surface area contributed by atoms with Gasteiger partial charge < -0.3 is 20.1 Å². The highest BCUT2D eigenvalue weighted by molar-refractivity contribution is 5.98. The number of para-hydroxylation sites is 1. The molecule has 1 aliphatic carbocycles. The number of pyridine rings is 1. The van der Waals surface area contributed by atoms with Gasteiger partial charge >= 0.3 is 0 Å². The predicted molar refractivity (Wildman–Crippen MR) is 139 cm³/mol. The summed E-state index contributed by atoms with van der Waals surface area (Å²) in [5.41, 5.74) is 3.18. The van der Waals surface area contributed by atoms with Crippen LogP contribution in [0.5, 0.6) is 5.75 Å². The number of hydrogen-bond acceptors (Lipinski definition) is 8. The number of hydrogen-bond donors (Lipinski definition) is 2. The number of benzene rings is 1. The number of aryl methyl sites for hydroxylation is 2. The Morgan fingerprint density at radius 1 is 1.24 bits per heavy atom. The third-order valence-electron chi connectivity index (χ3n) is 6.90. The van der Waals surface area contributed by atoms with E-state index in [-0.39, 0.29) is 18.6 Å². The lowest BCUT2D eigenvalue weighted by Crippen LogP contribution is -2.20. The van der Waals surface area contributed by atoms with Crippen LogP contribution in [0, 0.1) is 12.8 Å². The summed E-state index contributed by atoms with van der Waals surface area (Å²) >= 11 is 0. The molecule has 1 aliphatic heterocycles. The summed E-state index contributed by atoms with van der Waals surface area (Å²) < 4.78 is 29.0. The van der Waals surface area contributed by atoms with E-state index in [1.54, 1.807) is 31.2 Å². The standard InChI is InChI=1S/C26H29FN8O3/c1-14-29-22-19(30-18-8-6-7-15(23(18)37-3)24-28-13-34(2)33-24)12-20(32-26(36)16-11-17(16)27)31-25(22)35(14)21-9-4-5-10-38-21/h6-8,12-13,16-17,21H,4-5,9-11H2,1-3H3,(H2,30,31,32,36)/t16-,17-,21?/m0/s1. The number of fused-ring (bicyclic) bond motifs is 1. The van der Waals surface area contributed by atoms with Gasteiger partial charge in [0, 0.05) is 19.7 Å². The first kappa shape index (κ1) is 24.3. The second-order valence-electron chi connectivity index (χ2n) is 9.68. The van der Waals surface area contributed by atoms with E-state index in [9.17, 15) is 9.18 Å². The Kier molecular flexibility index (Phi) is 6.18. The zero-order valence-corrected chi connectivity index (χ0v) is 21.4. The van der Waals surface area contributed by atoms with Crippen LogP contribution in [0.15, 0.2) is 30.6 Å². The summed E-state index contributed by atoms with van der Waals surface area (Å²) in [6.45, 7) is 2.57. The largest absolute Gasteiger partial charge is 0.494 e. The number of aromatic nitrogens is 6. The lowest BCUT2D eigenvalue weighted by atomic mass is 10.1. The van der Waals surface area contributed by atoms with Crippen LogP contribution in [-0.2, 0) is 16.6 Å². The molecule has 0 bridgehead atoms. The lowest BCUT2D eigenvalue weighted by molar-refractivity contribution is -0.117. The molecule has 1 saturated carbocycles. The Bertz CT molecular complexity index is 1510. The Hall–Kier alpha value is -4.06. The molecule has 1 amide bonds. The summed E-state index contributed by atoms with van der Waals surface area (Å²) in [5.74, 6) is 1.12. The predicted octanol–water partition coefficient (Wildman–Crippen LogP) is 4.28. The molecule has 2 aliphatic rings. The van der Waals surface area contributed by atoms with E-state index in [1.807, 2.05) is 29.7 Å². The summed E-state index contributed by atoms with van der Waals surface area (Å²) in [4.78, 5) is 26.5. The number of carbonyl (C=O) groups is 1. The van der Waals surface area contributed by atoms with Crippen molar-refractivity contribution < 1.29 is 18.7 Å². The van der Waals surface area contributed by atoms with Crippen LogP contribution in [0.2, 0.25) is 0 Å². The van der Waals surface area contributed by atoms with E-state index in [2.05, 4.69) is 20.7 Å². The van der Waals surface area contributed by atoms with Gasteiger partial charge in [0.25, 0.3) is 0 Å². The van der Waals surface area contributed by atoms with E-state index in [0.717, 1.165) is 30.7 Å². The number of nitrogens with one attached hydrogen (secondary N) is 2.